The minimum atomic E-state index is -1.04. The van der Waals surface area contributed by atoms with Crippen LogP contribution in [-0.2, 0) is 11.2 Å². The maximum absolute atomic E-state index is 11.5. The predicted octanol–water partition coefficient (Wildman–Crippen LogP) is 2.27. The number of nitrogens with zero attached hydrogens (tertiary/aromatic N) is 3. The fourth-order valence-corrected chi connectivity index (χ4v) is 5.24. The molecular weight excluding hydrogens is 463 g/mol. The zero-order valence-electron chi connectivity index (χ0n) is 21.8. The molecule has 5 rings (SSSR count). The van der Waals surface area contributed by atoms with Gasteiger partial charge in [0.15, 0.2) is 0 Å². The Bertz CT molecular complexity index is 1380. The molecule has 8 heteroatoms. The van der Waals surface area contributed by atoms with Crippen molar-refractivity contribution in [2.24, 2.45) is 5.41 Å². The molecule has 1 aliphatic carbocycles. The van der Waals surface area contributed by atoms with Gasteiger partial charge in [-0.1, -0.05) is 45.2 Å². The molecule has 2 aromatic carbocycles. The Hall–Kier alpha value is -2.48. The zero-order valence-corrected chi connectivity index (χ0v) is 23.8. The summed E-state index contributed by atoms with van der Waals surface area (Å²) in [6.07, 6.45) is 6.38. The normalized spacial score (nSPS) is 14.7. The van der Waals surface area contributed by atoms with Crippen molar-refractivity contribution < 1.29 is 43.9 Å². The summed E-state index contributed by atoms with van der Waals surface area (Å²) in [6.45, 7) is 7.45. The number of carboxylic acids is 1. The van der Waals surface area contributed by atoms with Crippen LogP contribution in [0.15, 0.2) is 34.7 Å². The number of aliphatic carboxylic acids is 1. The van der Waals surface area contributed by atoms with Gasteiger partial charge in [-0.05, 0) is 68.0 Å². The van der Waals surface area contributed by atoms with Gasteiger partial charge in [-0.3, -0.25) is 0 Å². The second-order valence-corrected chi connectivity index (χ2v) is 10.6. The summed E-state index contributed by atoms with van der Waals surface area (Å²) in [7, 11) is 0. The number of hydrogen-bond acceptors (Lipinski definition) is 6. The number of aryl methyl sites for hydroxylation is 2. The molecule has 0 atom stereocenters. The summed E-state index contributed by atoms with van der Waals surface area (Å²) in [5.74, 6) is 1.40. The fourth-order valence-electron chi connectivity index (χ4n) is 5.24. The number of aromatic nitrogens is 4. The van der Waals surface area contributed by atoms with E-state index in [-0.39, 0.29) is 29.6 Å². The van der Waals surface area contributed by atoms with Gasteiger partial charge in [-0.2, -0.15) is 0 Å². The average Bonchev–Trinajstić information content (AvgIpc) is 3.46. The molecule has 1 N–H and O–H groups in total. The van der Waals surface area contributed by atoms with Gasteiger partial charge < -0.3 is 19.3 Å². The molecule has 7 nitrogen and oxygen atoms in total. The van der Waals surface area contributed by atoms with E-state index < -0.39 is 11.4 Å². The van der Waals surface area contributed by atoms with Crippen molar-refractivity contribution in [1.29, 1.82) is 0 Å². The Morgan fingerprint density at radius 1 is 1.08 bits per heavy atom. The SMILES string of the molecule is Cc1cc(CC(C)(C)C(=O)[O-])cc(C)c1-c1nc2ccc(-c3nnc(C4CCCCC4)o3)cc2[nH]1.[Na+]. The summed E-state index contributed by atoms with van der Waals surface area (Å²) in [5.41, 5.74) is 5.78. The number of rotatable bonds is 6. The Labute approximate surface area is 233 Å². The van der Waals surface area contributed by atoms with Crippen molar-refractivity contribution in [2.45, 2.75) is 72.1 Å². The van der Waals surface area contributed by atoms with Crippen LogP contribution in [-0.4, -0.2) is 26.1 Å². The van der Waals surface area contributed by atoms with Gasteiger partial charge in [0, 0.05) is 28.4 Å². The molecule has 0 amide bonds. The van der Waals surface area contributed by atoms with Crippen LogP contribution in [0, 0.1) is 19.3 Å². The molecule has 2 aromatic heterocycles. The Balaban J connectivity index is 0.00000304. The maximum atomic E-state index is 11.5. The largest absolute Gasteiger partial charge is 1.00 e. The summed E-state index contributed by atoms with van der Waals surface area (Å²) in [6, 6.07) is 10.0. The number of imidazole rings is 1. The quantitative estimate of drug-likeness (QED) is 0.412. The number of carbonyl (C=O) groups is 1. The van der Waals surface area contributed by atoms with Crippen LogP contribution in [0.5, 0.6) is 0 Å². The Morgan fingerprint density at radius 3 is 2.44 bits per heavy atom. The van der Waals surface area contributed by atoms with Crippen LogP contribution in [0.4, 0.5) is 0 Å². The van der Waals surface area contributed by atoms with Gasteiger partial charge in [-0.25, -0.2) is 4.98 Å². The zero-order chi connectivity index (χ0) is 24.7. The number of aromatic amines is 1. The average molecular weight is 495 g/mol. The number of carbonyl (C=O) groups excluding carboxylic acids is 1. The monoisotopic (exact) mass is 494 g/mol. The summed E-state index contributed by atoms with van der Waals surface area (Å²) in [4.78, 5) is 19.7. The molecule has 0 spiro atoms. The van der Waals surface area contributed by atoms with Crippen molar-refractivity contribution in [3.05, 3.63) is 52.9 Å². The topological polar surface area (TPSA) is 108 Å². The fraction of sp³-hybridized carbons (Fsp3) is 0.429. The molecule has 0 bridgehead atoms. The van der Waals surface area contributed by atoms with Gasteiger partial charge >= 0.3 is 29.6 Å². The molecular formula is C28H31N4NaO3. The Kier molecular flexibility index (Phi) is 7.74. The van der Waals surface area contributed by atoms with Gasteiger partial charge in [0.05, 0.1) is 11.0 Å². The van der Waals surface area contributed by atoms with Gasteiger partial charge in [0.2, 0.25) is 11.8 Å². The number of fused-ring (bicyclic) bond motifs is 1. The molecule has 0 unspecified atom stereocenters. The van der Waals surface area contributed by atoms with Crippen molar-refractivity contribution >= 4 is 17.0 Å². The van der Waals surface area contributed by atoms with Crippen LogP contribution >= 0.6 is 0 Å². The van der Waals surface area contributed by atoms with E-state index in [9.17, 15) is 9.90 Å². The Morgan fingerprint density at radius 2 is 1.78 bits per heavy atom. The first-order chi connectivity index (χ1) is 16.7. The number of hydrogen-bond donors (Lipinski definition) is 1. The van der Waals surface area contributed by atoms with Crippen LogP contribution in [0.2, 0.25) is 0 Å². The summed E-state index contributed by atoms with van der Waals surface area (Å²) >= 11 is 0. The van der Waals surface area contributed by atoms with E-state index in [2.05, 4.69) is 15.2 Å². The second-order valence-electron chi connectivity index (χ2n) is 10.6. The van der Waals surface area contributed by atoms with E-state index in [1.165, 1.54) is 19.3 Å². The number of H-pyrrole nitrogens is 1. The summed E-state index contributed by atoms with van der Waals surface area (Å²) in [5, 5.41) is 20.1. The second kappa shape index (κ2) is 10.5. The first-order valence-corrected chi connectivity index (χ1v) is 12.4. The van der Waals surface area contributed by atoms with E-state index in [1.807, 2.05) is 44.2 Å². The minimum absolute atomic E-state index is 0. The van der Waals surface area contributed by atoms with Crippen LogP contribution in [0.25, 0.3) is 33.9 Å². The van der Waals surface area contributed by atoms with E-state index in [1.54, 1.807) is 13.8 Å². The third-order valence-electron chi connectivity index (χ3n) is 7.15. The first kappa shape index (κ1) is 26.6. The molecule has 2 heterocycles. The molecule has 4 aromatic rings. The predicted molar refractivity (Wildman–Crippen MR) is 133 cm³/mol. The molecule has 36 heavy (non-hydrogen) atoms. The van der Waals surface area contributed by atoms with Gasteiger partial charge in [0.25, 0.3) is 0 Å². The molecule has 1 fully saturated rings. The van der Waals surface area contributed by atoms with E-state index >= 15 is 0 Å². The first-order valence-electron chi connectivity index (χ1n) is 12.4. The molecule has 0 saturated heterocycles. The molecule has 1 aliphatic rings. The van der Waals surface area contributed by atoms with Crippen LogP contribution in [0.1, 0.15) is 74.5 Å². The molecule has 0 aliphatic heterocycles. The summed E-state index contributed by atoms with van der Waals surface area (Å²) < 4.78 is 6.05. The standard InChI is InChI=1S/C28H32N4O3.Na/c1-16-12-18(15-28(3,4)27(33)34)13-17(2)23(16)24-29-21-11-10-20(14-22(21)30-24)26-32-31-25(35-26)19-8-6-5-7-9-19;/h10-14,19H,5-9,15H2,1-4H3,(H,29,30)(H,33,34);/q;+1/p-1. The van der Waals surface area contributed by atoms with Gasteiger partial charge in [-0.15, -0.1) is 10.2 Å². The van der Waals surface area contributed by atoms with E-state index in [0.29, 0.717) is 18.2 Å². The molecule has 182 valence electrons. The van der Waals surface area contributed by atoms with Crippen molar-refractivity contribution in [1.82, 2.24) is 20.2 Å². The molecule has 1 saturated carbocycles. The van der Waals surface area contributed by atoms with E-state index in [4.69, 9.17) is 9.40 Å². The third kappa shape index (κ3) is 5.29. The molecule has 0 radical (unpaired) electrons. The maximum Gasteiger partial charge on any atom is 1.00 e. The van der Waals surface area contributed by atoms with Crippen molar-refractivity contribution in [3.63, 3.8) is 0 Å². The van der Waals surface area contributed by atoms with Crippen molar-refractivity contribution in [2.75, 3.05) is 0 Å². The van der Waals surface area contributed by atoms with Crippen LogP contribution in [0.3, 0.4) is 0 Å². The smallest absolute Gasteiger partial charge is 0.550 e. The van der Waals surface area contributed by atoms with E-state index in [0.717, 1.165) is 63.4 Å². The number of benzene rings is 2. The number of carboxylic acid groups (broad SMARTS) is 1. The van der Waals surface area contributed by atoms with Crippen molar-refractivity contribution in [3.8, 4) is 22.8 Å². The van der Waals surface area contributed by atoms with Crippen LogP contribution < -0.4 is 34.7 Å². The number of nitrogens with one attached hydrogen (secondary N) is 1. The third-order valence-corrected chi connectivity index (χ3v) is 7.15. The minimum Gasteiger partial charge on any atom is -0.550 e. The van der Waals surface area contributed by atoms with Gasteiger partial charge in [0.1, 0.15) is 5.82 Å².